The van der Waals surface area contributed by atoms with E-state index in [0.717, 1.165) is 18.5 Å². The molecule has 0 radical (unpaired) electrons. The molecule has 0 aliphatic rings. The Balaban J connectivity index is 2.82. The van der Waals surface area contributed by atoms with Crippen LogP contribution in [0.4, 0.5) is 11.4 Å². The van der Waals surface area contributed by atoms with Gasteiger partial charge in [0.25, 0.3) is 5.69 Å². The Bertz CT molecular complexity index is 435. The quantitative estimate of drug-likeness (QED) is 0.601. The molecule has 0 spiro atoms. The van der Waals surface area contributed by atoms with E-state index in [0.29, 0.717) is 11.7 Å². The van der Waals surface area contributed by atoms with E-state index in [9.17, 15) is 10.1 Å². The summed E-state index contributed by atoms with van der Waals surface area (Å²) in [5.41, 5.74) is 0.763. The highest BCUT2D eigenvalue weighted by atomic mass is 16.6. The normalized spacial score (nSPS) is 13.7. The van der Waals surface area contributed by atoms with Crippen LogP contribution in [0.2, 0.25) is 0 Å². The van der Waals surface area contributed by atoms with Crippen molar-refractivity contribution in [2.24, 2.45) is 5.92 Å². The van der Waals surface area contributed by atoms with E-state index < -0.39 is 4.92 Å². The lowest BCUT2D eigenvalue weighted by atomic mass is 10.0. The number of methoxy groups -OCH3 is 1. The molecule has 2 unspecified atom stereocenters. The molecule has 106 valence electrons. The molecule has 0 aromatic heterocycles. The van der Waals surface area contributed by atoms with Crippen LogP contribution in [0, 0.1) is 16.0 Å². The van der Waals surface area contributed by atoms with Gasteiger partial charge < -0.3 is 10.1 Å². The molecule has 0 fully saturated rings. The van der Waals surface area contributed by atoms with Crippen molar-refractivity contribution in [3.63, 3.8) is 0 Å². The smallest absolute Gasteiger partial charge is 0.275 e. The molecular formula is C14H22N2O3. The van der Waals surface area contributed by atoms with Crippen LogP contribution < -0.4 is 10.1 Å². The van der Waals surface area contributed by atoms with E-state index in [4.69, 9.17) is 4.74 Å². The number of nitro groups is 1. The molecule has 5 heteroatoms. The van der Waals surface area contributed by atoms with Crippen molar-refractivity contribution in [2.75, 3.05) is 12.4 Å². The van der Waals surface area contributed by atoms with Crippen LogP contribution in [-0.2, 0) is 0 Å². The van der Waals surface area contributed by atoms with Crippen LogP contribution in [0.1, 0.15) is 33.6 Å². The van der Waals surface area contributed by atoms with Gasteiger partial charge in [-0.25, -0.2) is 0 Å². The van der Waals surface area contributed by atoms with Crippen molar-refractivity contribution in [2.45, 2.75) is 39.7 Å². The highest BCUT2D eigenvalue weighted by Crippen LogP contribution is 2.26. The number of nitro benzene ring substituents is 1. The Morgan fingerprint density at radius 1 is 1.37 bits per heavy atom. The molecule has 0 aliphatic carbocycles. The summed E-state index contributed by atoms with van der Waals surface area (Å²) >= 11 is 0. The molecule has 0 saturated carbocycles. The summed E-state index contributed by atoms with van der Waals surface area (Å²) in [6.45, 7) is 6.44. The van der Waals surface area contributed by atoms with Gasteiger partial charge in [0.1, 0.15) is 5.75 Å². The molecule has 1 aromatic carbocycles. The number of benzene rings is 1. The summed E-state index contributed by atoms with van der Waals surface area (Å²) in [5.74, 6) is 1.12. The first-order valence-electron chi connectivity index (χ1n) is 6.56. The zero-order valence-corrected chi connectivity index (χ0v) is 12.0. The maximum atomic E-state index is 10.9. The molecule has 1 N–H and O–H groups in total. The van der Waals surface area contributed by atoms with Gasteiger partial charge in [0.2, 0.25) is 0 Å². The van der Waals surface area contributed by atoms with Gasteiger partial charge in [-0.15, -0.1) is 0 Å². The molecular weight excluding hydrogens is 244 g/mol. The fourth-order valence-corrected chi connectivity index (χ4v) is 2.00. The maximum absolute atomic E-state index is 10.9. The molecule has 0 bridgehead atoms. The lowest BCUT2D eigenvalue weighted by molar-refractivity contribution is -0.384. The van der Waals surface area contributed by atoms with Crippen molar-refractivity contribution >= 4 is 11.4 Å². The number of hydrogen-bond acceptors (Lipinski definition) is 4. The second kappa shape index (κ2) is 6.97. The third kappa shape index (κ3) is 4.77. The Morgan fingerprint density at radius 2 is 2.05 bits per heavy atom. The van der Waals surface area contributed by atoms with Gasteiger partial charge in [0.05, 0.1) is 18.1 Å². The van der Waals surface area contributed by atoms with Crippen LogP contribution in [0.25, 0.3) is 0 Å². The Morgan fingerprint density at radius 3 is 2.58 bits per heavy atom. The third-order valence-electron chi connectivity index (χ3n) is 3.20. The number of ether oxygens (including phenoxy) is 1. The minimum absolute atomic E-state index is 0.0394. The van der Waals surface area contributed by atoms with Gasteiger partial charge in [-0.1, -0.05) is 20.3 Å². The second-order valence-corrected chi connectivity index (χ2v) is 4.97. The van der Waals surface area contributed by atoms with Crippen LogP contribution in [-0.4, -0.2) is 18.1 Å². The van der Waals surface area contributed by atoms with Gasteiger partial charge in [-0.2, -0.15) is 0 Å². The van der Waals surface area contributed by atoms with Gasteiger partial charge in [0, 0.05) is 23.9 Å². The summed E-state index contributed by atoms with van der Waals surface area (Å²) < 4.78 is 5.09. The number of anilines is 1. The Kier molecular flexibility index (Phi) is 5.60. The fourth-order valence-electron chi connectivity index (χ4n) is 2.00. The number of rotatable bonds is 7. The zero-order chi connectivity index (χ0) is 14.4. The fraction of sp³-hybridized carbons (Fsp3) is 0.571. The molecule has 1 aromatic rings. The molecule has 19 heavy (non-hydrogen) atoms. The molecule has 0 saturated heterocycles. The first-order chi connectivity index (χ1) is 8.96. The van der Waals surface area contributed by atoms with Gasteiger partial charge in [-0.3, -0.25) is 10.1 Å². The third-order valence-corrected chi connectivity index (χ3v) is 3.20. The van der Waals surface area contributed by atoms with Crippen molar-refractivity contribution in [3.8, 4) is 5.75 Å². The molecule has 2 atom stereocenters. The van der Waals surface area contributed by atoms with E-state index in [1.807, 2.05) is 0 Å². The lowest BCUT2D eigenvalue weighted by Crippen LogP contribution is -2.18. The zero-order valence-electron chi connectivity index (χ0n) is 12.0. The number of nitrogens with zero attached hydrogens (tertiary/aromatic N) is 1. The largest absolute Gasteiger partial charge is 0.496 e. The van der Waals surface area contributed by atoms with E-state index in [1.165, 1.54) is 19.2 Å². The topological polar surface area (TPSA) is 64.4 Å². The minimum atomic E-state index is -0.410. The number of hydrogen-bond donors (Lipinski definition) is 1. The summed E-state index contributed by atoms with van der Waals surface area (Å²) in [5, 5.41) is 14.1. The maximum Gasteiger partial charge on any atom is 0.275 e. The summed E-state index contributed by atoms with van der Waals surface area (Å²) in [6.07, 6.45) is 2.16. The van der Waals surface area contributed by atoms with Crippen LogP contribution in [0.3, 0.4) is 0 Å². The van der Waals surface area contributed by atoms with E-state index in [1.54, 1.807) is 6.07 Å². The molecule has 0 aliphatic heterocycles. The predicted molar refractivity (Wildman–Crippen MR) is 76.8 cm³/mol. The predicted octanol–water partition coefficient (Wildman–Crippen LogP) is 3.84. The standard InChI is InChI=1S/C14H22N2O3/c1-5-10(2)6-11(3)15-12-7-13(16(17)18)9-14(8-12)19-4/h7-11,15H,5-6H2,1-4H3. The van der Waals surface area contributed by atoms with Crippen molar-refractivity contribution < 1.29 is 9.66 Å². The highest BCUT2D eigenvalue weighted by Gasteiger charge is 2.12. The summed E-state index contributed by atoms with van der Waals surface area (Å²) in [7, 11) is 1.51. The van der Waals surface area contributed by atoms with Crippen LogP contribution >= 0.6 is 0 Å². The number of non-ortho nitro benzene ring substituents is 1. The molecule has 0 heterocycles. The van der Waals surface area contributed by atoms with Gasteiger partial charge in [-0.05, 0) is 19.3 Å². The highest BCUT2D eigenvalue weighted by molar-refractivity contribution is 5.56. The summed E-state index contributed by atoms with van der Waals surface area (Å²) in [6, 6.07) is 5.00. The molecule has 1 rings (SSSR count). The van der Waals surface area contributed by atoms with Crippen molar-refractivity contribution in [3.05, 3.63) is 28.3 Å². The monoisotopic (exact) mass is 266 g/mol. The van der Waals surface area contributed by atoms with Crippen molar-refractivity contribution in [1.29, 1.82) is 0 Å². The SMILES string of the molecule is CCC(C)CC(C)Nc1cc(OC)cc([N+](=O)[O-])c1. The van der Waals surface area contributed by atoms with Crippen molar-refractivity contribution in [1.82, 2.24) is 0 Å². The van der Waals surface area contributed by atoms with Gasteiger partial charge in [0.15, 0.2) is 0 Å². The lowest BCUT2D eigenvalue weighted by Gasteiger charge is -2.19. The Hall–Kier alpha value is -1.78. The van der Waals surface area contributed by atoms with E-state index >= 15 is 0 Å². The first-order valence-corrected chi connectivity index (χ1v) is 6.56. The van der Waals surface area contributed by atoms with E-state index in [-0.39, 0.29) is 11.7 Å². The van der Waals surface area contributed by atoms with Crippen LogP contribution in [0.15, 0.2) is 18.2 Å². The first kappa shape index (κ1) is 15.3. The van der Waals surface area contributed by atoms with E-state index in [2.05, 4.69) is 26.1 Å². The number of nitrogens with one attached hydrogen (secondary N) is 1. The molecule has 5 nitrogen and oxygen atoms in total. The average Bonchev–Trinajstić information content (AvgIpc) is 2.37. The minimum Gasteiger partial charge on any atom is -0.496 e. The second-order valence-electron chi connectivity index (χ2n) is 4.97. The van der Waals surface area contributed by atoms with Gasteiger partial charge >= 0.3 is 0 Å². The Labute approximate surface area is 114 Å². The molecule has 0 amide bonds. The van der Waals surface area contributed by atoms with Crippen LogP contribution in [0.5, 0.6) is 5.75 Å². The average molecular weight is 266 g/mol. The summed E-state index contributed by atoms with van der Waals surface area (Å²) in [4.78, 5) is 10.4.